The first-order valence-corrected chi connectivity index (χ1v) is 6.71. The molecule has 3 rings (SSSR count). The molecule has 0 unspecified atom stereocenters. The molecule has 0 spiro atoms. The maximum Gasteiger partial charge on any atom is 0.311 e. The van der Waals surface area contributed by atoms with Gasteiger partial charge in [0.25, 0.3) is 11.8 Å². The highest BCUT2D eigenvalue weighted by Gasteiger charge is 2.44. The Hall–Kier alpha value is -3.10. The van der Waals surface area contributed by atoms with Crippen LogP contribution in [0.15, 0.2) is 4.42 Å². The van der Waals surface area contributed by atoms with Crippen LogP contribution in [-0.2, 0) is 9.59 Å². The number of imide groups is 1. The van der Waals surface area contributed by atoms with Crippen LogP contribution in [0.3, 0.4) is 0 Å². The Labute approximate surface area is 129 Å². The van der Waals surface area contributed by atoms with Gasteiger partial charge in [-0.2, -0.15) is 0 Å². The highest BCUT2D eigenvalue weighted by Crippen LogP contribution is 2.49. The van der Waals surface area contributed by atoms with Gasteiger partial charge < -0.3 is 19.6 Å². The molecule has 120 valence electrons. The number of furan rings is 2. The van der Waals surface area contributed by atoms with Crippen molar-refractivity contribution >= 4 is 34.9 Å². The number of carbonyl (C=O) groups is 4. The molecule has 1 aliphatic heterocycles. The normalized spacial score (nSPS) is 13.7. The number of esters is 1. The molecule has 9 nitrogen and oxygen atoms in total. The van der Waals surface area contributed by atoms with Crippen LogP contribution in [0.4, 0.5) is 0 Å². The van der Waals surface area contributed by atoms with Gasteiger partial charge in [0.05, 0.1) is 6.42 Å². The van der Waals surface area contributed by atoms with Gasteiger partial charge in [0.2, 0.25) is 17.4 Å². The van der Waals surface area contributed by atoms with Crippen LogP contribution < -0.4 is 10.1 Å². The number of ether oxygens (including phenoxy) is 1. The summed E-state index contributed by atoms with van der Waals surface area (Å²) in [7, 11) is 2.74. The second-order valence-electron chi connectivity index (χ2n) is 5.00. The fraction of sp³-hybridized carbons (Fsp3) is 0.286. The number of carbonyl (C=O) groups excluding carboxylic acids is 4. The Morgan fingerprint density at radius 3 is 2.39 bits per heavy atom. The number of rotatable bonds is 4. The van der Waals surface area contributed by atoms with E-state index in [9.17, 15) is 24.3 Å². The average molecular weight is 320 g/mol. The van der Waals surface area contributed by atoms with E-state index in [2.05, 4.69) is 5.32 Å². The van der Waals surface area contributed by atoms with Crippen molar-refractivity contribution in [2.24, 2.45) is 0 Å². The van der Waals surface area contributed by atoms with Crippen molar-refractivity contribution in [2.75, 3.05) is 14.1 Å². The first kappa shape index (κ1) is 14.8. The van der Waals surface area contributed by atoms with Crippen LogP contribution in [0, 0.1) is 0 Å². The van der Waals surface area contributed by atoms with Gasteiger partial charge in [-0.05, 0) is 0 Å². The molecule has 3 heterocycles. The summed E-state index contributed by atoms with van der Waals surface area (Å²) >= 11 is 0. The number of nitrogens with one attached hydrogen (secondary N) is 1. The first-order valence-electron chi connectivity index (χ1n) is 6.71. The van der Waals surface area contributed by atoms with Crippen molar-refractivity contribution in [1.29, 1.82) is 0 Å². The Kier molecular flexibility index (Phi) is 3.20. The number of nitrogens with zero attached hydrogens (tertiary/aromatic N) is 1. The second kappa shape index (κ2) is 4.97. The van der Waals surface area contributed by atoms with Gasteiger partial charge in [-0.3, -0.25) is 24.1 Å². The van der Waals surface area contributed by atoms with Crippen LogP contribution >= 0.6 is 0 Å². The molecule has 0 saturated heterocycles. The summed E-state index contributed by atoms with van der Waals surface area (Å²) in [5.74, 6) is -3.12. The van der Waals surface area contributed by atoms with Gasteiger partial charge in [-0.1, -0.05) is 0 Å². The Morgan fingerprint density at radius 2 is 1.78 bits per heavy atom. The van der Waals surface area contributed by atoms with Crippen molar-refractivity contribution in [3.63, 3.8) is 0 Å². The second-order valence-corrected chi connectivity index (χ2v) is 5.00. The van der Waals surface area contributed by atoms with Crippen molar-refractivity contribution in [3.8, 4) is 11.5 Å². The summed E-state index contributed by atoms with van der Waals surface area (Å²) in [4.78, 5) is 47.7. The fourth-order valence-electron chi connectivity index (χ4n) is 2.40. The standard InChI is InChI=1S/C14H12N2O7/c1-15-5(17)3-4-6(18)22-12-9(19)10-7-8(11(12)23-10)14(21)16(2)13(7)20/h19H,3-4H2,1-2H3,(H,15,17). The topological polar surface area (TPSA) is 126 Å². The van der Waals surface area contributed by atoms with Gasteiger partial charge in [-0.15, -0.1) is 0 Å². The maximum absolute atomic E-state index is 12.0. The number of fused-ring (bicyclic) bond motifs is 5. The number of aromatic hydroxyl groups is 1. The maximum atomic E-state index is 12.0. The molecule has 3 amide bonds. The van der Waals surface area contributed by atoms with E-state index in [0.717, 1.165) is 4.90 Å². The summed E-state index contributed by atoms with van der Waals surface area (Å²) < 4.78 is 10.2. The summed E-state index contributed by atoms with van der Waals surface area (Å²) in [6.45, 7) is 0. The third kappa shape index (κ3) is 2.00. The number of hydrogen-bond acceptors (Lipinski definition) is 7. The lowest BCUT2D eigenvalue weighted by Gasteiger charge is -2.04. The van der Waals surface area contributed by atoms with Crippen molar-refractivity contribution < 1.29 is 33.4 Å². The van der Waals surface area contributed by atoms with Crippen LogP contribution in [0.1, 0.15) is 33.6 Å². The summed E-state index contributed by atoms with van der Waals surface area (Å²) in [5, 5.41) is 12.4. The minimum absolute atomic E-state index is 0.0283. The molecule has 0 atom stereocenters. The smallest absolute Gasteiger partial charge is 0.311 e. The molecule has 0 aromatic carbocycles. The van der Waals surface area contributed by atoms with Crippen LogP contribution in [0.5, 0.6) is 11.5 Å². The molecule has 2 bridgehead atoms. The molecule has 2 aromatic heterocycles. The van der Waals surface area contributed by atoms with E-state index in [4.69, 9.17) is 9.15 Å². The molecule has 23 heavy (non-hydrogen) atoms. The zero-order valence-corrected chi connectivity index (χ0v) is 12.3. The molecule has 9 heteroatoms. The molecule has 0 saturated carbocycles. The molecule has 0 fully saturated rings. The van der Waals surface area contributed by atoms with Crippen LogP contribution in [-0.4, -0.2) is 47.8 Å². The van der Waals surface area contributed by atoms with E-state index in [1.165, 1.54) is 14.1 Å². The van der Waals surface area contributed by atoms with E-state index in [0.29, 0.717) is 0 Å². The quantitative estimate of drug-likeness (QED) is 0.469. The molecule has 2 N–H and O–H groups in total. The monoisotopic (exact) mass is 320 g/mol. The van der Waals surface area contributed by atoms with Gasteiger partial charge in [0.15, 0.2) is 11.2 Å². The molecule has 1 aliphatic rings. The zero-order chi connectivity index (χ0) is 16.9. The van der Waals surface area contributed by atoms with Crippen molar-refractivity contribution in [2.45, 2.75) is 12.8 Å². The summed E-state index contributed by atoms with van der Waals surface area (Å²) in [5.41, 5.74) is -0.398. The van der Waals surface area contributed by atoms with Crippen LogP contribution in [0.2, 0.25) is 0 Å². The minimum Gasteiger partial charge on any atom is -0.502 e. The average Bonchev–Trinajstić information content (AvgIpc) is 3.13. The minimum atomic E-state index is -0.772. The van der Waals surface area contributed by atoms with E-state index >= 15 is 0 Å². The van der Waals surface area contributed by atoms with E-state index in [-0.39, 0.29) is 46.8 Å². The number of benzene rings is 1. The highest BCUT2D eigenvalue weighted by molar-refractivity contribution is 6.29. The predicted molar refractivity (Wildman–Crippen MR) is 74.4 cm³/mol. The van der Waals surface area contributed by atoms with E-state index < -0.39 is 23.5 Å². The SMILES string of the molecule is CNC(=O)CCC(=O)Oc1c(O)c2oc1c1c2C(=O)N(C)C1=O. The fourth-order valence-corrected chi connectivity index (χ4v) is 2.40. The Balaban J connectivity index is 1.89. The van der Waals surface area contributed by atoms with Gasteiger partial charge in [-0.25, -0.2) is 0 Å². The third-order valence-corrected chi connectivity index (χ3v) is 3.63. The third-order valence-electron chi connectivity index (χ3n) is 3.63. The van der Waals surface area contributed by atoms with Crippen molar-refractivity contribution in [3.05, 3.63) is 11.1 Å². The summed E-state index contributed by atoms with van der Waals surface area (Å²) in [6, 6.07) is 0. The molecular formula is C14H12N2O7. The predicted octanol–water partition coefficient (Wildman–Crippen LogP) is 0.234. The summed E-state index contributed by atoms with van der Waals surface area (Å²) in [6.07, 6.45) is -0.290. The molecular weight excluding hydrogens is 308 g/mol. The lowest BCUT2D eigenvalue weighted by Crippen LogP contribution is -2.24. The lowest BCUT2D eigenvalue weighted by atomic mass is 10.1. The van der Waals surface area contributed by atoms with E-state index in [1.54, 1.807) is 0 Å². The number of phenols is 1. The highest BCUT2D eigenvalue weighted by atomic mass is 16.6. The van der Waals surface area contributed by atoms with Crippen molar-refractivity contribution in [1.82, 2.24) is 10.2 Å². The molecule has 0 radical (unpaired) electrons. The van der Waals surface area contributed by atoms with Gasteiger partial charge in [0.1, 0.15) is 11.1 Å². The first-order chi connectivity index (χ1) is 10.9. The number of amides is 3. The number of hydrogen-bond donors (Lipinski definition) is 2. The van der Waals surface area contributed by atoms with E-state index in [1.807, 2.05) is 0 Å². The van der Waals surface area contributed by atoms with Gasteiger partial charge in [0, 0.05) is 20.5 Å². The Morgan fingerprint density at radius 1 is 1.17 bits per heavy atom. The molecule has 0 aliphatic carbocycles. The molecule has 2 aromatic rings. The van der Waals surface area contributed by atoms with Gasteiger partial charge >= 0.3 is 5.97 Å². The van der Waals surface area contributed by atoms with Crippen LogP contribution in [0.25, 0.3) is 11.2 Å². The number of phenolic OH excluding ortho intramolecular Hbond substituents is 1. The lowest BCUT2D eigenvalue weighted by molar-refractivity contribution is -0.136. The Bertz CT molecular complexity index is 851. The zero-order valence-electron chi connectivity index (χ0n) is 12.3. The largest absolute Gasteiger partial charge is 0.502 e.